The molecule has 0 aromatic heterocycles. The van der Waals surface area contributed by atoms with Gasteiger partial charge in [0.05, 0.1) is 0 Å². The summed E-state index contributed by atoms with van der Waals surface area (Å²) in [6.07, 6.45) is 0.450. The van der Waals surface area contributed by atoms with E-state index >= 15 is 0 Å². The van der Waals surface area contributed by atoms with Crippen molar-refractivity contribution in [1.82, 2.24) is 0 Å². The first-order chi connectivity index (χ1) is 4.54. The van der Waals surface area contributed by atoms with Gasteiger partial charge in [0.25, 0.3) is 0 Å². The van der Waals surface area contributed by atoms with Gasteiger partial charge < -0.3 is 10.8 Å². The Labute approximate surface area is 71.9 Å². The van der Waals surface area contributed by atoms with Crippen molar-refractivity contribution in [3.63, 3.8) is 0 Å². The van der Waals surface area contributed by atoms with Gasteiger partial charge in [0.2, 0.25) is 5.91 Å². The van der Waals surface area contributed by atoms with Crippen molar-refractivity contribution in [1.29, 1.82) is 0 Å². The van der Waals surface area contributed by atoms with Crippen LogP contribution in [-0.2, 0) is 9.59 Å². The summed E-state index contributed by atoms with van der Waals surface area (Å²) in [4.78, 5) is 20.3. The quantitative estimate of drug-likeness (QED) is 0.555. The average Bonchev–Trinajstić information content (AvgIpc) is 1.82. The zero-order valence-corrected chi connectivity index (χ0v) is 7.37. The van der Waals surface area contributed by atoms with Gasteiger partial charge in [0, 0.05) is 6.42 Å². The first kappa shape index (κ1) is 9.67. The van der Waals surface area contributed by atoms with E-state index < -0.39 is 15.8 Å². The number of carbonyl (C=O) groups is 2. The van der Waals surface area contributed by atoms with Gasteiger partial charge in [0.15, 0.2) is 0 Å². The zero-order valence-electron chi connectivity index (χ0n) is 5.21. The van der Waals surface area contributed by atoms with Gasteiger partial charge >= 0.3 is 5.97 Å². The largest absolute Gasteiger partial charge is 0.480 e. The predicted molar refractivity (Wildman–Crippen MR) is 43.9 cm³/mol. The Morgan fingerprint density at radius 1 is 1.60 bits per heavy atom. The summed E-state index contributed by atoms with van der Waals surface area (Å²) >= 11 is 1.76. The van der Waals surface area contributed by atoms with Gasteiger partial charge in [-0.15, -0.1) is 0 Å². The lowest BCUT2D eigenvalue weighted by Gasteiger charge is -1.99. The third-order valence-electron chi connectivity index (χ3n) is 0.912. The lowest BCUT2D eigenvalue weighted by Crippen LogP contribution is -2.17. The summed E-state index contributed by atoms with van der Waals surface area (Å²) in [5.41, 5.74) is 4.81. The maximum Gasteiger partial charge on any atom is 0.316 e. The van der Waals surface area contributed by atoms with E-state index in [1.54, 1.807) is 22.6 Å². The van der Waals surface area contributed by atoms with E-state index in [-0.39, 0.29) is 6.42 Å². The van der Waals surface area contributed by atoms with E-state index in [4.69, 9.17) is 10.8 Å². The van der Waals surface area contributed by atoms with Crippen LogP contribution in [0, 0.1) is 0 Å². The van der Waals surface area contributed by atoms with Crippen LogP contribution in [0.25, 0.3) is 0 Å². The van der Waals surface area contributed by atoms with Crippen LogP contribution in [0.1, 0.15) is 12.8 Å². The molecule has 0 fully saturated rings. The summed E-state index contributed by atoms with van der Waals surface area (Å²) in [6, 6.07) is 0. The van der Waals surface area contributed by atoms with Gasteiger partial charge in [-0.3, -0.25) is 9.59 Å². The van der Waals surface area contributed by atoms with Crippen LogP contribution in [0.15, 0.2) is 0 Å². The van der Waals surface area contributed by atoms with Gasteiger partial charge in [-0.1, -0.05) is 22.6 Å². The molecule has 0 aliphatic rings. The smallest absolute Gasteiger partial charge is 0.316 e. The number of amides is 1. The van der Waals surface area contributed by atoms with Crippen LogP contribution in [0.3, 0.4) is 0 Å². The number of carbonyl (C=O) groups excluding carboxylic acids is 1. The molecule has 0 bridgehead atoms. The minimum atomic E-state index is -0.901. The molecular formula is C5H8INO3. The summed E-state index contributed by atoms with van der Waals surface area (Å²) in [6.45, 7) is 0. The molecule has 0 aliphatic heterocycles. The number of rotatable bonds is 4. The lowest BCUT2D eigenvalue weighted by molar-refractivity contribution is -0.136. The molecule has 1 amide bonds. The fourth-order valence-corrected chi connectivity index (χ4v) is 0.704. The summed E-state index contributed by atoms with van der Waals surface area (Å²) in [5, 5.41) is 8.34. The summed E-state index contributed by atoms with van der Waals surface area (Å²) in [7, 11) is 0. The Hall–Kier alpha value is -0.330. The van der Waals surface area contributed by atoms with Gasteiger partial charge in [-0.25, -0.2) is 0 Å². The van der Waals surface area contributed by atoms with E-state index in [1.807, 2.05) is 0 Å². The first-order valence-electron chi connectivity index (χ1n) is 2.69. The van der Waals surface area contributed by atoms with Gasteiger partial charge in [-0.05, 0) is 6.42 Å². The Morgan fingerprint density at radius 3 is 2.40 bits per heavy atom. The van der Waals surface area contributed by atoms with Crippen LogP contribution in [0.2, 0.25) is 0 Å². The SMILES string of the molecule is NC(=O)CCC(I)C(=O)O. The molecule has 0 rings (SSSR count). The van der Waals surface area contributed by atoms with Crippen molar-refractivity contribution in [3.8, 4) is 0 Å². The van der Waals surface area contributed by atoms with Crippen LogP contribution in [0.4, 0.5) is 0 Å². The van der Waals surface area contributed by atoms with Crippen molar-refractivity contribution < 1.29 is 14.7 Å². The molecule has 3 N–H and O–H groups in total. The highest BCUT2D eigenvalue weighted by molar-refractivity contribution is 14.1. The molecule has 1 unspecified atom stereocenters. The van der Waals surface area contributed by atoms with Gasteiger partial charge in [0.1, 0.15) is 3.92 Å². The third-order valence-corrected chi connectivity index (χ3v) is 2.07. The predicted octanol–water partition coefficient (Wildman–Crippen LogP) is 0.140. The lowest BCUT2D eigenvalue weighted by atomic mass is 10.2. The summed E-state index contributed by atoms with van der Waals surface area (Å²) < 4.78 is -0.509. The van der Waals surface area contributed by atoms with Crippen molar-refractivity contribution >= 4 is 34.5 Å². The number of hydrogen-bond donors (Lipinski definition) is 2. The molecule has 0 radical (unpaired) electrons. The highest BCUT2D eigenvalue weighted by atomic mass is 127. The molecule has 10 heavy (non-hydrogen) atoms. The van der Waals surface area contributed by atoms with E-state index in [9.17, 15) is 9.59 Å². The minimum absolute atomic E-state index is 0.139. The Bertz CT molecular complexity index is 148. The Kier molecular flexibility index (Phi) is 4.33. The molecule has 0 aliphatic carbocycles. The maximum absolute atomic E-state index is 10.2. The topological polar surface area (TPSA) is 80.4 Å². The highest BCUT2D eigenvalue weighted by Gasteiger charge is 2.12. The number of aliphatic carboxylic acids is 1. The number of halogens is 1. The molecular weight excluding hydrogens is 249 g/mol. The highest BCUT2D eigenvalue weighted by Crippen LogP contribution is 2.07. The third kappa shape index (κ3) is 4.54. The fraction of sp³-hybridized carbons (Fsp3) is 0.600. The van der Waals surface area contributed by atoms with E-state index in [2.05, 4.69) is 0 Å². The van der Waals surface area contributed by atoms with E-state index in [0.29, 0.717) is 6.42 Å². The minimum Gasteiger partial charge on any atom is -0.480 e. The van der Waals surface area contributed by atoms with Crippen molar-refractivity contribution in [2.24, 2.45) is 5.73 Å². The van der Waals surface area contributed by atoms with Crippen LogP contribution < -0.4 is 5.73 Å². The van der Waals surface area contributed by atoms with E-state index in [0.717, 1.165) is 0 Å². The molecule has 0 aromatic rings. The molecule has 0 heterocycles. The number of alkyl halides is 1. The molecule has 0 spiro atoms. The molecule has 1 atom stereocenters. The van der Waals surface area contributed by atoms with Crippen molar-refractivity contribution in [2.75, 3.05) is 0 Å². The first-order valence-corrected chi connectivity index (χ1v) is 3.93. The fourth-order valence-electron chi connectivity index (χ4n) is 0.392. The molecule has 5 heteroatoms. The number of hydrogen-bond acceptors (Lipinski definition) is 2. The standard InChI is InChI=1S/C5H8INO3/c6-3(5(9)10)1-2-4(7)8/h3H,1-2H2,(H2,7,8)(H,9,10). The second-order valence-corrected chi connectivity index (χ2v) is 3.31. The Balaban J connectivity index is 3.49. The van der Waals surface area contributed by atoms with Crippen molar-refractivity contribution in [3.05, 3.63) is 0 Å². The second kappa shape index (κ2) is 4.48. The normalized spacial score (nSPS) is 12.5. The maximum atomic E-state index is 10.2. The molecule has 0 saturated carbocycles. The summed E-state index contributed by atoms with van der Waals surface area (Å²) in [5.74, 6) is -1.36. The second-order valence-electron chi connectivity index (χ2n) is 1.81. The van der Waals surface area contributed by atoms with Gasteiger partial charge in [-0.2, -0.15) is 0 Å². The van der Waals surface area contributed by atoms with Crippen LogP contribution >= 0.6 is 22.6 Å². The van der Waals surface area contributed by atoms with E-state index in [1.165, 1.54) is 0 Å². The number of carboxylic acids is 1. The average molecular weight is 257 g/mol. The van der Waals surface area contributed by atoms with Crippen molar-refractivity contribution in [2.45, 2.75) is 16.8 Å². The number of nitrogens with two attached hydrogens (primary N) is 1. The molecule has 0 saturated heterocycles. The molecule has 0 aromatic carbocycles. The number of carboxylic acid groups (broad SMARTS) is 1. The molecule has 4 nitrogen and oxygen atoms in total. The Morgan fingerprint density at radius 2 is 2.10 bits per heavy atom. The van der Waals surface area contributed by atoms with Crippen LogP contribution in [-0.4, -0.2) is 20.9 Å². The number of primary amides is 1. The zero-order chi connectivity index (χ0) is 8.15. The molecule has 58 valence electrons. The van der Waals surface area contributed by atoms with Crippen LogP contribution in [0.5, 0.6) is 0 Å². The monoisotopic (exact) mass is 257 g/mol.